The first-order chi connectivity index (χ1) is 4.27. The van der Waals surface area contributed by atoms with Gasteiger partial charge >= 0.3 is 7.60 Å². The highest BCUT2D eigenvalue weighted by molar-refractivity contribution is 7.88. The van der Waals surface area contributed by atoms with Crippen LogP contribution in [0.3, 0.4) is 0 Å². The zero-order valence-corrected chi connectivity index (χ0v) is 6.74. The molecule has 0 unspecified atom stereocenters. The molecule has 1 heterocycles. The van der Waals surface area contributed by atoms with Crippen molar-refractivity contribution in [2.24, 2.45) is 0 Å². The molecule has 1 aliphatic heterocycles. The Balaban J connectivity index is 2.47. The second-order valence-electron chi connectivity index (χ2n) is 1.77. The summed E-state index contributed by atoms with van der Waals surface area (Å²) in [5.74, 6) is 0. The molecule has 0 spiro atoms. The fourth-order valence-electron chi connectivity index (χ4n) is 0.585. The summed E-state index contributed by atoms with van der Waals surface area (Å²) in [4.78, 5) is 0. The summed E-state index contributed by atoms with van der Waals surface area (Å²) in [5.41, 5.74) is 0.188. The third-order valence-corrected chi connectivity index (χ3v) is 3.58. The molecular weight excluding hydrogens is 159 g/mol. The molecule has 1 fully saturated rings. The van der Waals surface area contributed by atoms with Gasteiger partial charge in [-0.05, 0) is 6.42 Å². The molecule has 54 valence electrons. The molecule has 0 aromatic rings. The Labute approximate surface area is 59.7 Å². The minimum absolute atomic E-state index is 0.188. The predicted octanol–water partition coefficient (Wildman–Crippen LogP) is 1.50. The van der Waals surface area contributed by atoms with Gasteiger partial charge < -0.3 is 9.05 Å². The summed E-state index contributed by atoms with van der Waals surface area (Å²) in [6.07, 6.45) is 0.831. The van der Waals surface area contributed by atoms with Gasteiger partial charge in [-0.1, -0.05) is 0 Å². The Morgan fingerprint density at radius 3 is 2.33 bits per heavy atom. The van der Waals surface area contributed by atoms with Gasteiger partial charge in [0.05, 0.1) is 18.7 Å². The molecule has 0 N–H and O–H groups in total. The second kappa shape index (κ2) is 3.06. The van der Waals surface area contributed by atoms with E-state index in [1.807, 2.05) is 0 Å². The minimum Gasteiger partial charge on any atom is -0.308 e. The van der Waals surface area contributed by atoms with Gasteiger partial charge in [-0.3, -0.25) is 4.57 Å². The molecule has 0 saturated carbocycles. The van der Waals surface area contributed by atoms with Crippen molar-refractivity contribution < 1.29 is 13.6 Å². The van der Waals surface area contributed by atoms with Crippen molar-refractivity contribution in [3.05, 3.63) is 0 Å². The summed E-state index contributed by atoms with van der Waals surface area (Å²) in [7, 11) is -2.73. The van der Waals surface area contributed by atoms with Crippen molar-refractivity contribution in [3.8, 4) is 0 Å². The molecule has 0 atom stereocenters. The van der Waals surface area contributed by atoms with Crippen LogP contribution in [0, 0.1) is 0 Å². The van der Waals surface area contributed by atoms with Gasteiger partial charge in [0.1, 0.15) is 0 Å². The molecular formula is C4H9O3PS. The Morgan fingerprint density at radius 1 is 1.44 bits per heavy atom. The summed E-state index contributed by atoms with van der Waals surface area (Å²) < 4.78 is 20.8. The van der Waals surface area contributed by atoms with Crippen LogP contribution in [0.25, 0.3) is 0 Å². The van der Waals surface area contributed by atoms with E-state index in [0.29, 0.717) is 13.2 Å². The first-order valence-corrected chi connectivity index (χ1v) is 5.12. The molecule has 5 heteroatoms. The molecule has 9 heavy (non-hydrogen) atoms. The first kappa shape index (κ1) is 7.61. The summed E-state index contributed by atoms with van der Waals surface area (Å²) in [6.45, 7) is 1.08. The quantitative estimate of drug-likeness (QED) is 0.476. The molecule has 0 aliphatic carbocycles. The highest BCUT2D eigenvalue weighted by Crippen LogP contribution is 2.50. The van der Waals surface area contributed by atoms with E-state index in [0.717, 1.165) is 6.42 Å². The van der Waals surface area contributed by atoms with Crippen LogP contribution in [-0.2, 0) is 13.6 Å². The zero-order chi connectivity index (χ0) is 6.74. The predicted molar refractivity (Wildman–Crippen MR) is 38.0 cm³/mol. The Bertz CT molecular complexity index is 128. The SMILES string of the molecule is O=P1(CS)OCCCO1. The van der Waals surface area contributed by atoms with E-state index in [1.165, 1.54) is 0 Å². The van der Waals surface area contributed by atoms with Crippen LogP contribution < -0.4 is 0 Å². The van der Waals surface area contributed by atoms with E-state index >= 15 is 0 Å². The molecule has 0 aromatic carbocycles. The maximum Gasteiger partial charge on any atom is 0.340 e. The maximum atomic E-state index is 11.1. The van der Waals surface area contributed by atoms with Crippen LogP contribution in [0.1, 0.15) is 6.42 Å². The van der Waals surface area contributed by atoms with Gasteiger partial charge in [0, 0.05) is 0 Å². The normalized spacial score (nSPS) is 25.9. The van der Waals surface area contributed by atoms with Crippen LogP contribution >= 0.6 is 20.2 Å². The third kappa shape index (κ3) is 1.97. The van der Waals surface area contributed by atoms with Crippen LogP contribution in [0.4, 0.5) is 0 Å². The Kier molecular flexibility index (Phi) is 2.59. The van der Waals surface area contributed by atoms with E-state index in [-0.39, 0.29) is 5.49 Å². The van der Waals surface area contributed by atoms with Gasteiger partial charge in [0.15, 0.2) is 0 Å². The lowest BCUT2D eigenvalue weighted by atomic mass is 10.5. The van der Waals surface area contributed by atoms with Crippen LogP contribution in [-0.4, -0.2) is 18.7 Å². The number of thiol groups is 1. The number of hydrogen-bond acceptors (Lipinski definition) is 4. The highest BCUT2D eigenvalue weighted by Gasteiger charge is 2.25. The van der Waals surface area contributed by atoms with Gasteiger partial charge in [-0.15, -0.1) is 0 Å². The maximum absolute atomic E-state index is 11.1. The topological polar surface area (TPSA) is 35.5 Å². The van der Waals surface area contributed by atoms with Gasteiger partial charge in [-0.2, -0.15) is 12.6 Å². The van der Waals surface area contributed by atoms with Crippen molar-refractivity contribution in [3.63, 3.8) is 0 Å². The lowest BCUT2D eigenvalue weighted by molar-refractivity contribution is 0.149. The molecule has 0 bridgehead atoms. The van der Waals surface area contributed by atoms with Crippen LogP contribution in [0.2, 0.25) is 0 Å². The minimum atomic E-state index is -2.73. The lowest BCUT2D eigenvalue weighted by Crippen LogP contribution is -2.08. The summed E-state index contributed by atoms with van der Waals surface area (Å²) in [5, 5.41) is 0. The smallest absolute Gasteiger partial charge is 0.308 e. The first-order valence-electron chi connectivity index (χ1n) is 2.76. The summed E-state index contributed by atoms with van der Waals surface area (Å²) in [6, 6.07) is 0. The molecule has 1 aliphatic rings. The van der Waals surface area contributed by atoms with E-state index in [2.05, 4.69) is 12.6 Å². The van der Waals surface area contributed by atoms with Crippen molar-refractivity contribution in [2.75, 3.05) is 18.7 Å². The fraction of sp³-hybridized carbons (Fsp3) is 1.00. The largest absolute Gasteiger partial charge is 0.340 e. The fourth-order valence-corrected chi connectivity index (χ4v) is 2.13. The van der Waals surface area contributed by atoms with Gasteiger partial charge in [0.25, 0.3) is 0 Å². The average molecular weight is 168 g/mol. The highest BCUT2D eigenvalue weighted by atomic mass is 32.1. The number of rotatable bonds is 1. The Morgan fingerprint density at radius 2 is 2.00 bits per heavy atom. The lowest BCUT2D eigenvalue weighted by Gasteiger charge is -2.20. The molecule has 1 rings (SSSR count). The molecule has 0 amide bonds. The monoisotopic (exact) mass is 168 g/mol. The van der Waals surface area contributed by atoms with Gasteiger partial charge in [-0.25, -0.2) is 0 Å². The van der Waals surface area contributed by atoms with E-state index in [1.54, 1.807) is 0 Å². The molecule has 0 aromatic heterocycles. The second-order valence-corrected chi connectivity index (χ2v) is 4.64. The Hall–Kier alpha value is 0.500. The van der Waals surface area contributed by atoms with Crippen LogP contribution in [0.5, 0.6) is 0 Å². The molecule has 0 radical (unpaired) electrons. The average Bonchev–Trinajstić information content (AvgIpc) is 1.90. The van der Waals surface area contributed by atoms with Gasteiger partial charge in [0.2, 0.25) is 0 Å². The molecule has 3 nitrogen and oxygen atoms in total. The van der Waals surface area contributed by atoms with Crippen molar-refractivity contribution >= 4 is 20.2 Å². The van der Waals surface area contributed by atoms with Crippen molar-refractivity contribution in [1.29, 1.82) is 0 Å². The van der Waals surface area contributed by atoms with E-state index in [9.17, 15) is 4.57 Å². The summed E-state index contributed by atoms with van der Waals surface area (Å²) >= 11 is 3.84. The standard InChI is InChI=1S/C4H9O3PS/c5-8(4-9)6-2-1-3-7-8/h9H,1-4H2. The number of hydrogen-bond donors (Lipinski definition) is 1. The van der Waals surface area contributed by atoms with E-state index < -0.39 is 7.60 Å². The van der Waals surface area contributed by atoms with Crippen LogP contribution in [0.15, 0.2) is 0 Å². The molecule has 1 saturated heterocycles. The van der Waals surface area contributed by atoms with Crippen molar-refractivity contribution in [2.45, 2.75) is 6.42 Å². The van der Waals surface area contributed by atoms with Crippen molar-refractivity contribution in [1.82, 2.24) is 0 Å². The van der Waals surface area contributed by atoms with E-state index in [4.69, 9.17) is 9.05 Å². The third-order valence-electron chi connectivity index (χ3n) is 1.04. The zero-order valence-electron chi connectivity index (χ0n) is 4.95.